The zero-order valence-electron chi connectivity index (χ0n) is 14.3. The second kappa shape index (κ2) is 6.48. The first-order chi connectivity index (χ1) is 11.5. The maximum absolute atomic E-state index is 12.8. The van der Waals surface area contributed by atoms with Crippen LogP contribution in [0.2, 0.25) is 0 Å². The number of aryl methyl sites for hydroxylation is 3. The molecule has 3 rings (SSSR count). The number of nitrogens with one attached hydrogen (secondary N) is 1. The lowest BCUT2D eigenvalue weighted by atomic mass is 10.1. The summed E-state index contributed by atoms with van der Waals surface area (Å²) in [7, 11) is 0. The number of rotatable bonds is 4. The van der Waals surface area contributed by atoms with Gasteiger partial charge in [-0.3, -0.25) is 9.59 Å². The topological polar surface area (TPSA) is 49.4 Å². The Morgan fingerprint density at radius 1 is 1.12 bits per heavy atom. The first kappa shape index (κ1) is 16.2. The highest BCUT2D eigenvalue weighted by Crippen LogP contribution is 2.29. The minimum atomic E-state index is -0.510. The first-order valence-electron chi connectivity index (χ1n) is 8.29. The van der Waals surface area contributed by atoms with Crippen LogP contribution in [0.15, 0.2) is 42.5 Å². The van der Waals surface area contributed by atoms with Gasteiger partial charge in [-0.05, 0) is 43.5 Å². The van der Waals surface area contributed by atoms with Crippen LogP contribution in [0.3, 0.4) is 0 Å². The number of benzene rings is 2. The molecule has 1 N–H and O–H groups in total. The molecule has 1 aliphatic rings. The Balaban J connectivity index is 1.86. The van der Waals surface area contributed by atoms with Crippen molar-refractivity contribution in [1.82, 2.24) is 0 Å². The Bertz CT molecular complexity index is 798. The molecule has 124 valence electrons. The SMILES string of the molecule is CCc1ccccc1N1C(=O)C[C@@H](Nc2ccc(C)cc2C)C1=O. The van der Waals surface area contributed by atoms with Crippen LogP contribution in [0.5, 0.6) is 0 Å². The van der Waals surface area contributed by atoms with Crippen molar-refractivity contribution in [2.45, 2.75) is 39.7 Å². The average molecular weight is 322 g/mol. The molecule has 1 fully saturated rings. The molecule has 0 saturated carbocycles. The third-order valence-corrected chi connectivity index (χ3v) is 4.47. The summed E-state index contributed by atoms with van der Waals surface area (Å²) >= 11 is 0. The molecule has 2 aromatic rings. The van der Waals surface area contributed by atoms with Gasteiger partial charge in [0.15, 0.2) is 0 Å². The Morgan fingerprint density at radius 2 is 1.88 bits per heavy atom. The van der Waals surface area contributed by atoms with Gasteiger partial charge in [0.2, 0.25) is 5.91 Å². The molecule has 1 atom stereocenters. The van der Waals surface area contributed by atoms with E-state index in [2.05, 4.69) is 11.4 Å². The minimum Gasteiger partial charge on any atom is -0.373 e. The van der Waals surface area contributed by atoms with Crippen LogP contribution in [0.4, 0.5) is 11.4 Å². The number of carbonyl (C=O) groups excluding carboxylic acids is 2. The zero-order valence-corrected chi connectivity index (χ0v) is 14.3. The third-order valence-electron chi connectivity index (χ3n) is 4.47. The molecule has 2 amide bonds. The molecule has 1 heterocycles. The van der Waals surface area contributed by atoms with Crippen molar-refractivity contribution in [3.8, 4) is 0 Å². The number of carbonyl (C=O) groups is 2. The van der Waals surface area contributed by atoms with Gasteiger partial charge in [-0.15, -0.1) is 0 Å². The van der Waals surface area contributed by atoms with Crippen LogP contribution >= 0.6 is 0 Å². The van der Waals surface area contributed by atoms with Gasteiger partial charge in [-0.25, -0.2) is 4.90 Å². The van der Waals surface area contributed by atoms with E-state index in [1.54, 1.807) is 0 Å². The number of imide groups is 1. The molecule has 4 heteroatoms. The number of amides is 2. The van der Waals surface area contributed by atoms with E-state index in [1.165, 1.54) is 10.5 Å². The molecule has 2 aromatic carbocycles. The summed E-state index contributed by atoms with van der Waals surface area (Å²) in [5.74, 6) is -0.330. The summed E-state index contributed by atoms with van der Waals surface area (Å²) in [6, 6.07) is 13.1. The van der Waals surface area contributed by atoms with Gasteiger partial charge in [-0.2, -0.15) is 0 Å². The van der Waals surface area contributed by atoms with E-state index < -0.39 is 6.04 Å². The second-order valence-electron chi connectivity index (χ2n) is 6.27. The van der Waals surface area contributed by atoms with Crippen molar-refractivity contribution < 1.29 is 9.59 Å². The van der Waals surface area contributed by atoms with Gasteiger partial charge < -0.3 is 5.32 Å². The summed E-state index contributed by atoms with van der Waals surface area (Å²) in [6.45, 7) is 6.06. The van der Waals surface area contributed by atoms with Crippen LogP contribution in [-0.2, 0) is 16.0 Å². The fourth-order valence-corrected chi connectivity index (χ4v) is 3.19. The van der Waals surface area contributed by atoms with Crippen molar-refractivity contribution in [2.75, 3.05) is 10.2 Å². The van der Waals surface area contributed by atoms with Gasteiger partial charge in [0.05, 0.1) is 12.1 Å². The molecule has 1 aliphatic heterocycles. The maximum atomic E-state index is 12.8. The third kappa shape index (κ3) is 2.92. The van der Waals surface area contributed by atoms with Crippen LogP contribution in [-0.4, -0.2) is 17.9 Å². The van der Waals surface area contributed by atoms with Crippen molar-refractivity contribution in [3.05, 3.63) is 59.2 Å². The summed E-state index contributed by atoms with van der Waals surface area (Å²) in [6.07, 6.45) is 0.965. The molecule has 0 bridgehead atoms. The molecule has 0 spiro atoms. The van der Waals surface area contributed by atoms with Crippen LogP contribution < -0.4 is 10.2 Å². The molecule has 1 saturated heterocycles. The largest absolute Gasteiger partial charge is 0.373 e. The summed E-state index contributed by atoms with van der Waals surface area (Å²) in [5.41, 5.74) is 4.86. The monoisotopic (exact) mass is 322 g/mol. The molecule has 24 heavy (non-hydrogen) atoms. The maximum Gasteiger partial charge on any atom is 0.256 e. The highest BCUT2D eigenvalue weighted by Gasteiger charge is 2.40. The second-order valence-corrected chi connectivity index (χ2v) is 6.27. The van der Waals surface area contributed by atoms with Gasteiger partial charge in [-0.1, -0.05) is 42.8 Å². The fourth-order valence-electron chi connectivity index (χ4n) is 3.19. The summed E-state index contributed by atoms with van der Waals surface area (Å²) in [4.78, 5) is 26.6. The normalized spacial score (nSPS) is 17.5. The highest BCUT2D eigenvalue weighted by atomic mass is 16.2. The van der Waals surface area contributed by atoms with E-state index >= 15 is 0 Å². The Hall–Kier alpha value is -2.62. The molecular weight excluding hydrogens is 300 g/mol. The number of nitrogens with zero attached hydrogens (tertiary/aromatic N) is 1. The molecule has 4 nitrogen and oxygen atoms in total. The molecule has 0 radical (unpaired) electrons. The Labute approximate surface area is 142 Å². The predicted octanol–water partition coefficient (Wildman–Crippen LogP) is 3.61. The van der Waals surface area contributed by atoms with Crippen LogP contribution in [0.25, 0.3) is 0 Å². The number of para-hydroxylation sites is 1. The number of hydrogen-bond donors (Lipinski definition) is 1. The first-order valence-corrected chi connectivity index (χ1v) is 8.29. The van der Waals surface area contributed by atoms with Crippen molar-refractivity contribution in [1.29, 1.82) is 0 Å². The highest BCUT2D eigenvalue weighted by molar-refractivity contribution is 6.23. The van der Waals surface area contributed by atoms with E-state index in [4.69, 9.17) is 0 Å². The van der Waals surface area contributed by atoms with Gasteiger partial charge in [0.1, 0.15) is 6.04 Å². The number of anilines is 2. The van der Waals surface area contributed by atoms with E-state index in [-0.39, 0.29) is 18.2 Å². The van der Waals surface area contributed by atoms with E-state index in [0.29, 0.717) is 5.69 Å². The molecular formula is C20H22N2O2. The van der Waals surface area contributed by atoms with E-state index in [9.17, 15) is 9.59 Å². The van der Waals surface area contributed by atoms with Crippen molar-refractivity contribution in [3.63, 3.8) is 0 Å². The lowest BCUT2D eigenvalue weighted by Gasteiger charge is -2.19. The van der Waals surface area contributed by atoms with Crippen molar-refractivity contribution >= 4 is 23.2 Å². The lowest BCUT2D eigenvalue weighted by molar-refractivity contribution is -0.121. The van der Waals surface area contributed by atoms with Gasteiger partial charge >= 0.3 is 0 Å². The fraction of sp³-hybridized carbons (Fsp3) is 0.300. The Kier molecular flexibility index (Phi) is 4.38. The van der Waals surface area contributed by atoms with Crippen LogP contribution in [0, 0.1) is 13.8 Å². The van der Waals surface area contributed by atoms with Crippen molar-refractivity contribution in [2.24, 2.45) is 0 Å². The average Bonchev–Trinajstić information content (AvgIpc) is 2.84. The van der Waals surface area contributed by atoms with E-state index in [0.717, 1.165) is 23.2 Å². The van der Waals surface area contributed by atoms with E-state index in [1.807, 2.05) is 57.2 Å². The van der Waals surface area contributed by atoms with Gasteiger partial charge in [0.25, 0.3) is 5.91 Å². The summed E-state index contributed by atoms with van der Waals surface area (Å²) in [5, 5.41) is 3.24. The van der Waals surface area contributed by atoms with Gasteiger partial charge in [0, 0.05) is 5.69 Å². The smallest absolute Gasteiger partial charge is 0.256 e. The predicted molar refractivity (Wildman–Crippen MR) is 96.3 cm³/mol. The number of hydrogen-bond acceptors (Lipinski definition) is 3. The molecule has 0 unspecified atom stereocenters. The molecule has 0 aliphatic carbocycles. The van der Waals surface area contributed by atoms with Crippen LogP contribution in [0.1, 0.15) is 30.0 Å². The standard InChI is InChI=1S/C20H22N2O2/c1-4-15-7-5-6-8-18(15)22-19(23)12-17(20(22)24)21-16-10-9-13(2)11-14(16)3/h5-11,17,21H,4,12H2,1-3H3/t17-/m1/s1. The summed E-state index contributed by atoms with van der Waals surface area (Å²) < 4.78 is 0. The lowest BCUT2D eigenvalue weighted by Crippen LogP contribution is -2.35. The minimum absolute atomic E-state index is 0.150. The quantitative estimate of drug-likeness (QED) is 0.875. The molecule has 0 aromatic heterocycles. The Morgan fingerprint density at radius 3 is 2.58 bits per heavy atom. The zero-order chi connectivity index (χ0) is 17.3.